The van der Waals surface area contributed by atoms with E-state index in [4.69, 9.17) is 15.3 Å². The number of rotatable bonds is 9. The van der Waals surface area contributed by atoms with Crippen molar-refractivity contribution in [3.63, 3.8) is 0 Å². The summed E-state index contributed by atoms with van der Waals surface area (Å²) in [7, 11) is 0. The number of tetrazole rings is 1. The fourth-order valence-corrected chi connectivity index (χ4v) is 7.80. The number of carbonyl (C=O) groups is 1. The molecule has 8 nitrogen and oxygen atoms in total. The number of imidazole rings is 1. The second-order valence-corrected chi connectivity index (χ2v) is 13.7. The van der Waals surface area contributed by atoms with Crippen molar-refractivity contribution in [2.75, 3.05) is 0 Å². The third kappa shape index (κ3) is 5.56. The summed E-state index contributed by atoms with van der Waals surface area (Å²) in [4.78, 5) is 18.4. The summed E-state index contributed by atoms with van der Waals surface area (Å²) in [5.41, 5.74) is 5.67. The molecule has 1 N–H and O–H groups in total. The Morgan fingerprint density at radius 3 is 1.88 bits per heavy atom. The number of aryl methyl sites for hydroxylation is 1. The number of hydrogen-bond acceptors (Lipinski definition) is 6. The molecule has 2 heterocycles. The molecule has 8 rings (SSSR count). The van der Waals surface area contributed by atoms with Gasteiger partial charge in [-0.05, 0) is 76.6 Å². The molecule has 0 saturated heterocycles. The topological polar surface area (TPSA) is 98.7 Å². The van der Waals surface area contributed by atoms with Crippen LogP contribution in [0.25, 0.3) is 28.2 Å². The van der Waals surface area contributed by atoms with E-state index >= 15 is 0 Å². The smallest absolute Gasteiger partial charge is 0.184 e. The van der Waals surface area contributed by atoms with E-state index in [0.29, 0.717) is 42.9 Å². The van der Waals surface area contributed by atoms with Crippen LogP contribution in [0.4, 0.5) is 0 Å². The lowest BCUT2D eigenvalue weighted by Gasteiger charge is -2.36. The van der Waals surface area contributed by atoms with Crippen LogP contribution in [0.15, 0.2) is 140 Å². The Hall–Kier alpha value is -5.99. The summed E-state index contributed by atoms with van der Waals surface area (Å²) < 4.78 is 3.92. The van der Waals surface area contributed by atoms with Crippen molar-refractivity contribution in [3.8, 4) is 28.2 Å². The van der Waals surface area contributed by atoms with Crippen LogP contribution < -0.4 is 0 Å². The predicted octanol–water partition coefficient (Wildman–Crippen LogP) is 8.56. The highest BCUT2D eigenvalue weighted by molar-refractivity contribution is 5.97. The van der Waals surface area contributed by atoms with Gasteiger partial charge in [0.25, 0.3) is 0 Å². The number of aliphatic hydroxyl groups is 1. The van der Waals surface area contributed by atoms with Crippen LogP contribution in [-0.2, 0) is 17.6 Å². The third-order valence-corrected chi connectivity index (χ3v) is 10.2. The maximum atomic E-state index is 13.5. The number of benzene rings is 5. The van der Waals surface area contributed by atoms with Crippen molar-refractivity contribution in [1.82, 2.24) is 29.8 Å². The van der Waals surface area contributed by atoms with E-state index in [1.165, 1.54) is 0 Å². The van der Waals surface area contributed by atoms with Gasteiger partial charge < -0.3 is 5.11 Å². The minimum absolute atomic E-state index is 0.0163. The summed E-state index contributed by atoms with van der Waals surface area (Å²) >= 11 is 0. The second kappa shape index (κ2) is 13.6. The van der Waals surface area contributed by atoms with Gasteiger partial charge in [-0.1, -0.05) is 134 Å². The molecule has 1 aliphatic carbocycles. The first-order chi connectivity index (χ1) is 25.4. The first kappa shape index (κ1) is 33.2. The fourth-order valence-electron chi connectivity index (χ4n) is 7.80. The van der Waals surface area contributed by atoms with E-state index in [0.717, 1.165) is 51.3 Å². The van der Waals surface area contributed by atoms with Crippen molar-refractivity contribution in [1.29, 1.82) is 0 Å². The zero-order valence-corrected chi connectivity index (χ0v) is 29.4. The summed E-state index contributed by atoms with van der Waals surface area (Å²) in [6.45, 7) is 3.87. The molecule has 0 fully saturated rings. The Labute approximate surface area is 303 Å². The zero-order valence-electron chi connectivity index (χ0n) is 29.4. The number of nitrogens with zero attached hydrogens (tertiary/aromatic N) is 6. The Kier molecular flexibility index (Phi) is 8.69. The molecule has 7 aromatic rings. The molecular weight excluding hydrogens is 645 g/mol. The lowest BCUT2D eigenvalue weighted by Crippen LogP contribution is -2.39. The quantitative estimate of drug-likeness (QED) is 0.121. The van der Waals surface area contributed by atoms with Crippen molar-refractivity contribution in [2.24, 2.45) is 0 Å². The number of ketones is 1. The first-order valence-electron chi connectivity index (χ1n) is 18.0. The number of aromatic nitrogens is 6. The maximum absolute atomic E-state index is 13.5. The summed E-state index contributed by atoms with van der Waals surface area (Å²) in [5.74, 6) is 1.42. The van der Waals surface area contributed by atoms with Gasteiger partial charge in [0.2, 0.25) is 0 Å². The van der Waals surface area contributed by atoms with E-state index in [1.807, 2.05) is 51.7 Å². The van der Waals surface area contributed by atoms with Crippen LogP contribution in [0.3, 0.4) is 0 Å². The monoisotopic (exact) mass is 684 g/mol. The van der Waals surface area contributed by atoms with Gasteiger partial charge in [0, 0.05) is 24.1 Å². The van der Waals surface area contributed by atoms with Crippen molar-refractivity contribution in [3.05, 3.63) is 173 Å². The summed E-state index contributed by atoms with van der Waals surface area (Å²) in [6.07, 6.45) is 3.07. The highest BCUT2D eigenvalue weighted by Gasteiger charge is 2.42. The molecule has 258 valence electrons. The lowest BCUT2D eigenvalue weighted by atomic mass is 9.77. The van der Waals surface area contributed by atoms with Gasteiger partial charge in [0.05, 0.1) is 0 Å². The highest BCUT2D eigenvalue weighted by atomic mass is 16.3. The molecule has 8 heteroatoms. The standard InChI is InChI=1S/C44H40N6O2/c1-3-16-39-45-41-40(38(51)25-15-30-43(41,2)52)49(39)35-28-26-31(27-29-35)36-23-13-14-24-37(36)42-46-47-48-50(42)44(32-17-7-4-8-18-32,33-19-9-5-10-20-33)34-21-11-6-12-22-34/h4-14,17-24,26-29,52H,3,15-16,25,30H2,1-2H3/t43-/m0/s1. The number of fused-ring (bicyclic) bond motifs is 1. The fraction of sp³-hybridized carbons (Fsp3) is 0.205. The van der Waals surface area contributed by atoms with Gasteiger partial charge in [0.15, 0.2) is 11.6 Å². The third-order valence-electron chi connectivity index (χ3n) is 10.2. The van der Waals surface area contributed by atoms with E-state index < -0.39 is 11.1 Å². The number of Topliss-reactive ketones (excluding diaryl/α,β-unsaturated/α-hetero) is 1. The number of hydrogen-bond donors (Lipinski definition) is 1. The van der Waals surface area contributed by atoms with Crippen molar-refractivity contribution in [2.45, 2.75) is 57.1 Å². The molecule has 0 unspecified atom stereocenters. The molecule has 0 radical (unpaired) electrons. The van der Waals surface area contributed by atoms with E-state index in [-0.39, 0.29) is 5.78 Å². The molecule has 0 bridgehead atoms. The molecule has 0 amide bonds. The molecule has 1 aliphatic rings. The van der Waals surface area contributed by atoms with Crippen molar-refractivity contribution < 1.29 is 9.90 Å². The van der Waals surface area contributed by atoms with Crippen LogP contribution in [0, 0.1) is 0 Å². The normalized spacial score (nSPS) is 16.0. The van der Waals surface area contributed by atoms with Gasteiger partial charge >= 0.3 is 0 Å². The van der Waals surface area contributed by atoms with Crippen LogP contribution in [0.1, 0.15) is 78.2 Å². The first-order valence-corrected chi connectivity index (χ1v) is 18.0. The summed E-state index contributed by atoms with van der Waals surface area (Å²) in [5, 5.41) is 25.1. The van der Waals surface area contributed by atoms with Gasteiger partial charge in [-0.3, -0.25) is 9.36 Å². The SMILES string of the molecule is CCCc1nc2c(n1-c1ccc(-c3ccccc3-c3nnnn3C(c3ccccc3)(c3ccccc3)c3ccccc3)cc1)C(=O)CCC[C@]2(C)O. The molecule has 52 heavy (non-hydrogen) atoms. The van der Waals surface area contributed by atoms with Crippen LogP contribution >= 0.6 is 0 Å². The van der Waals surface area contributed by atoms with Gasteiger partial charge in [-0.15, -0.1) is 5.10 Å². The largest absolute Gasteiger partial charge is 0.384 e. The van der Waals surface area contributed by atoms with E-state index in [9.17, 15) is 9.90 Å². The van der Waals surface area contributed by atoms with E-state index in [2.05, 4.69) is 109 Å². The average molecular weight is 685 g/mol. The minimum atomic E-state index is -1.16. The Bertz CT molecular complexity index is 2230. The van der Waals surface area contributed by atoms with Crippen molar-refractivity contribution >= 4 is 5.78 Å². The highest BCUT2D eigenvalue weighted by Crippen LogP contribution is 2.43. The van der Waals surface area contributed by atoms with Crippen LogP contribution in [0.2, 0.25) is 0 Å². The Balaban J connectivity index is 1.29. The van der Waals surface area contributed by atoms with Gasteiger partial charge in [-0.2, -0.15) is 0 Å². The molecule has 5 aromatic carbocycles. The van der Waals surface area contributed by atoms with Gasteiger partial charge in [0.1, 0.15) is 28.4 Å². The maximum Gasteiger partial charge on any atom is 0.184 e. The van der Waals surface area contributed by atoms with Gasteiger partial charge in [-0.25, -0.2) is 9.67 Å². The molecular formula is C44H40N6O2. The molecule has 1 atom stereocenters. The minimum Gasteiger partial charge on any atom is -0.384 e. The Morgan fingerprint density at radius 2 is 1.31 bits per heavy atom. The lowest BCUT2D eigenvalue weighted by molar-refractivity contribution is 0.0431. The van der Waals surface area contributed by atoms with E-state index in [1.54, 1.807) is 6.92 Å². The average Bonchev–Trinajstić information content (AvgIpc) is 3.81. The second-order valence-electron chi connectivity index (χ2n) is 13.7. The molecule has 0 aliphatic heterocycles. The van der Waals surface area contributed by atoms with Crippen LogP contribution in [-0.4, -0.2) is 40.6 Å². The molecule has 0 spiro atoms. The molecule has 2 aromatic heterocycles. The zero-order chi connectivity index (χ0) is 35.7. The number of carbonyl (C=O) groups excluding carboxylic acids is 1. The Morgan fingerprint density at radius 1 is 0.750 bits per heavy atom. The summed E-state index contributed by atoms with van der Waals surface area (Å²) in [6, 6.07) is 47.5. The molecule has 0 saturated carbocycles. The predicted molar refractivity (Wildman–Crippen MR) is 202 cm³/mol. The van der Waals surface area contributed by atoms with Crippen LogP contribution in [0.5, 0.6) is 0 Å².